The summed E-state index contributed by atoms with van der Waals surface area (Å²) in [6.45, 7) is 5.76. The Morgan fingerprint density at radius 2 is 1.39 bits per heavy atom. The quantitative estimate of drug-likeness (QED) is 0.504. The molecular weight excluding hydrogens is 460 g/mol. The minimum atomic E-state index is -0.483. The van der Waals surface area contributed by atoms with E-state index in [0.29, 0.717) is 11.5 Å². The van der Waals surface area contributed by atoms with Gasteiger partial charge in [0, 0.05) is 0 Å². The van der Waals surface area contributed by atoms with Gasteiger partial charge in [0.2, 0.25) is 0 Å². The Morgan fingerprint density at radius 1 is 0.806 bits per heavy atom. The SMILES string of the molecule is CC(C)(C)c1ccccc1OCC(=O)NNC(=O)COc1ccc2ccccc2c1Br. The first-order valence-corrected chi connectivity index (χ1v) is 10.6. The summed E-state index contributed by atoms with van der Waals surface area (Å²) >= 11 is 3.51. The van der Waals surface area contributed by atoms with E-state index in [1.807, 2.05) is 54.6 Å². The van der Waals surface area contributed by atoms with E-state index in [2.05, 4.69) is 47.6 Å². The maximum atomic E-state index is 12.1. The van der Waals surface area contributed by atoms with E-state index in [9.17, 15) is 9.59 Å². The summed E-state index contributed by atoms with van der Waals surface area (Å²) < 4.78 is 12.0. The van der Waals surface area contributed by atoms with Gasteiger partial charge in [-0.2, -0.15) is 0 Å². The highest BCUT2D eigenvalue weighted by Crippen LogP contribution is 2.33. The number of hydrogen-bond acceptors (Lipinski definition) is 4. The standard InChI is InChI=1S/C24H25BrN2O4/c1-24(2,3)18-10-6-7-11-19(18)30-14-21(28)26-27-22(29)15-31-20-13-12-16-8-4-5-9-17(16)23(20)25/h4-13H,14-15H2,1-3H3,(H,26,28)(H,27,29). The molecule has 3 aromatic carbocycles. The zero-order chi connectivity index (χ0) is 22.4. The van der Waals surface area contributed by atoms with E-state index in [1.54, 1.807) is 6.07 Å². The Hall–Kier alpha value is -3.06. The van der Waals surface area contributed by atoms with Crippen LogP contribution >= 0.6 is 15.9 Å². The third-order valence-electron chi connectivity index (χ3n) is 4.58. The summed E-state index contributed by atoms with van der Waals surface area (Å²) in [4.78, 5) is 24.1. The Balaban J connectivity index is 1.47. The van der Waals surface area contributed by atoms with Gasteiger partial charge in [0.05, 0.1) is 4.47 Å². The van der Waals surface area contributed by atoms with Crippen LogP contribution in [0.3, 0.4) is 0 Å². The minimum absolute atomic E-state index is 0.115. The van der Waals surface area contributed by atoms with E-state index in [1.165, 1.54) is 0 Å². The maximum absolute atomic E-state index is 12.1. The molecule has 7 heteroatoms. The van der Waals surface area contributed by atoms with Crippen LogP contribution in [0, 0.1) is 0 Å². The Morgan fingerprint density at radius 3 is 2.06 bits per heavy atom. The molecule has 31 heavy (non-hydrogen) atoms. The highest BCUT2D eigenvalue weighted by molar-refractivity contribution is 9.10. The number of hydrogen-bond donors (Lipinski definition) is 2. The molecule has 0 aliphatic carbocycles. The zero-order valence-corrected chi connectivity index (χ0v) is 19.3. The Labute approximate surface area is 190 Å². The summed E-state index contributed by atoms with van der Waals surface area (Å²) in [5.41, 5.74) is 5.55. The van der Waals surface area contributed by atoms with Gasteiger partial charge in [-0.15, -0.1) is 0 Å². The van der Waals surface area contributed by atoms with Gasteiger partial charge in [-0.3, -0.25) is 20.4 Å². The molecule has 0 saturated carbocycles. The molecule has 2 N–H and O–H groups in total. The summed E-state index contributed by atoms with van der Waals surface area (Å²) in [5, 5.41) is 2.05. The number of carbonyl (C=O) groups is 2. The molecule has 3 rings (SSSR count). The number of ether oxygens (including phenoxy) is 2. The molecule has 0 spiro atoms. The second-order valence-corrected chi connectivity index (χ2v) is 8.81. The van der Waals surface area contributed by atoms with Crippen molar-refractivity contribution < 1.29 is 19.1 Å². The van der Waals surface area contributed by atoms with Gasteiger partial charge in [-0.05, 0) is 49.8 Å². The third kappa shape index (κ3) is 5.98. The normalized spacial score (nSPS) is 11.1. The van der Waals surface area contributed by atoms with E-state index >= 15 is 0 Å². The zero-order valence-electron chi connectivity index (χ0n) is 17.7. The fourth-order valence-electron chi connectivity index (χ4n) is 3.04. The predicted molar refractivity (Wildman–Crippen MR) is 124 cm³/mol. The van der Waals surface area contributed by atoms with Crippen molar-refractivity contribution in [2.45, 2.75) is 26.2 Å². The Kier molecular flexibility index (Phi) is 7.17. The summed E-state index contributed by atoms with van der Waals surface area (Å²) in [6.07, 6.45) is 0. The minimum Gasteiger partial charge on any atom is -0.483 e. The molecule has 0 bridgehead atoms. The van der Waals surface area contributed by atoms with Crippen molar-refractivity contribution in [1.29, 1.82) is 0 Å². The van der Waals surface area contributed by atoms with Crippen LogP contribution in [0.15, 0.2) is 65.1 Å². The lowest BCUT2D eigenvalue weighted by atomic mass is 9.86. The van der Waals surface area contributed by atoms with Crippen LogP contribution in [-0.2, 0) is 15.0 Å². The van der Waals surface area contributed by atoms with Crippen LogP contribution in [0.25, 0.3) is 10.8 Å². The summed E-state index contributed by atoms with van der Waals surface area (Å²) in [6, 6.07) is 19.1. The number of nitrogens with one attached hydrogen (secondary N) is 2. The van der Waals surface area contributed by atoms with Gasteiger partial charge < -0.3 is 9.47 Å². The first-order valence-electron chi connectivity index (χ1n) is 9.86. The van der Waals surface area contributed by atoms with Gasteiger partial charge in [-0.25, -0.2) is 0 Å². The number of halogens is 1. The van der Waals surface area contributed by atoms with E-state index in [0.717, 1.165) is 20.8 Å². The number of para-hydroxylation sites is 1. The molecule has 0 heterocycles. The summed E-state index contributed by atoms with van der Waals surface area (Å²) in [7, 11) is 0. The highest BCUT2D eigenvalue weighted by Gasteiger charge is 2.19. The van der Waals surface area contributed by atoms with Crippen molar-refractivity contribution in [3.05, 3.63) is 70.7 Å². The molecule has 0 radical (unpaired) electrons. The molecule has 2 amide bonds. The fraction of sp³-hybridized carbons (Fsp3) is 0.250. The predicted octanol–water partition coefficient (Wildman–Crippen LogP) is 4.51. The van der Waals surface area contributed by atoms with E-state index in [-0.39, 0.29) is 18.6 Å². The second-order valence-electron chi connectivity index (χ2n) is 8.02. The topological polar surface area (TPSA) is 76.7 Å². The molecule has 6 nitrogen and oxygen atoms in total. The lowest BCUT2D eigenvalue weighted by Crippen LogP contribution is -2.45. The van der Waals surface area contributed by atoms with Crippen LogP contribution < -0.4 is 20.3 Å². The second kappa shape index (κ2) is 9.83. The lowest BCUT2D eigenvalue weighted by Gasteiger charge is -2.22. The first-order chi connectivity index (χ1) is 14.8. The molecule has 0 unspecified atom stereocenters. The van der Waals surface area contributed by atoms with Crippen molar-refractivity contribution in [2.24, 2.45) is 0 Å². The number of benzene rings is 3. The first kappa shape index (κ1) is 22.6. The molecule has 0 aliphatic rings. The number of amides is 2. The molecular formula is C24H25BrN2O4. The molecule has 0 aromatic heterocycles. The van der Waals surface area contributed by atoms with E-state index in [4.69, 9.17) is 9.47 Å². The van der Waals surface area contributed by atoms with Gasteiger partial charge in [0.1, 0.15) is 11.5 Å². The average Bonchev–Trinajstić information content (AvgIpc) is 2.75. The Bertz CT molecular complexity index is 1090. The van der Waals surface area contributed by atoms with Gasteiger partial charge in [0.25, 0.3) is 11.8 Å². The molecule has 3 aromatic rings. The summed E-state index contributed by atoms with van der Waals surface area (Å²) in [5.74, 6) is 0.232. The number of carbonyl (C=O) groups excluding carboxylic acids is 2. The van der Waals surface area contributed by atoms with Gasteiger partial charge in [0.15, 0.2) is 13.2 Å². The highest BCUT2D eigenvalue weighted by atomic mass is 79.9. The van der Waals surface area contributed by atoms with Crippen LogP contribution in [0.4, 0.5) is 0 Å². The molecule has 0 aliphatic heterocycles. The van der Waals surface area contributed by atoms with Crippen molar-refractivity contribution in [1.82, 2.24) is 10.9 Å². The van der Waals surface area contributed by atoms with E-state index < -0.39 is 11.8 Å². The largest absolute Gasteiger partial charge is 0.483 e. The monoisotopic (exact) mass is 484 g/mol. The average molecular weight is 485 g/mol. The van der Waals surface area contributed by atoms with Crippen LogP contribution in [0.5, 0.6) is 11.5 Å². The van der Waals surface area contributed by atoms with Gasteiger partial charge >= 0.3 is 0 Å². The van der Waals surface area contributed by atoms with Crippen molar-refractivity contribution in [3.8, 4) is 11.5 Å². The third-order valence-corrected chi connectivity index (χ3v) is 5.40. The van der Waals surface area contributed by atoms with Crippen molar-refractivity contribution >= 4 is 38.5 Å². The van der Waals surface area contributed by atoms with Crippen molar-refractivity contribution in [2.75, 3.05) is 13.2 Å². The number of fused-ring (bicyclic) bond motifs is 1. The smallest absolute Gasteiger partial charge is 0.276 e. The van der Waals surface area contributed by atoms with Crippen LogP contribution in [-0.4, -0.2) is 25.0 Å². The van der Waals surface area contributed by atoms with Gasteiger partial charge in [-0.1, -0.05) is 69.3 Å². The maximum Gasteiger partial charge on any atom is 0.276 e. The molecule has 0 atom stereocenters. The number of rotatable bonds is 6. The number of hydrazine groups is 1. The molecule has 162 valence electrons. The molecule has 0 fully saturated rings. The lowest BCUT2D eigenvalue weighted by molar-refractivity contribution is -0.131. The van der Waals surface area contributed by atoms with Crippen LogP contribution in [0.2, 0.25) is 0 Å². The van der Waals surface area contributed by atoms with Crippen LogP contribution in [0.1, 0.15) is 26.3 Å². The fourth-order valence-corrected chi connectivity index (χ4v) is 3.64. The molecule has 0 saturated heterocycles. The van der Waals surface area contributed by atoms with Crippen molar-refractivity contribution in [3.63, 3.8) is 0 Å².